The van der Waals surface area contributed by atoms with Gasteiger partial charge in [0.2, 0.25) is 0 Å². The number of carbonyl (C=O) groups is 2. The summed E-state index contributed by atoms with van der Waals surface area (Å²) >= 11 is 0. The molecule has 2 aromatic rings. The Hall–Kier alpha value is -2.14. The molecule has 2 fully saturated rings. The van der Waals surface area contributed by atoms with E-state index in [0.717, 1.165) is 30.8 Å². The maximum atomic E-state index is 12.4. The van der Waals surface area contributed by atoms with Crippen LogP contribution in [0.1, 0.15) is 33.8 Å². The summed E-state index contributed by atoms with van der Waals surface area (Å²) < 4.78 is 5.33. The number of rotatable bonds is 3. The Kier molecular flexibility index (Phi) is 3.22. The van der Waals surface area contributed by atoms with Crippen molar-refractivity contribution in [3.8, 4) is 0 Å². The van der Waals surface area contributed by atoms with Crippen LogP contribution in [0.3, 0.4) is 0 Å². The number of hydrogen-bond acceptors (Lipinski definition) is 4. The number of fused-ring (bicyclic) bond motifs is 3. The van der Waals surface area contributed by atoms with Crippen molar-refractivity contribution in [2.24, 2.45) is 5.92 Å². The Bertz CT molecular complexity index is 725. The number of benzene rings is 1. The van der Waals surface area contributed by atoms with Crippen LogP contribution in [0.15, 0.2) is 28.7 Å². The third-order valence-electron chi connectivity index (χ3n) is 4.72. The molecule has 2 saturated heterocycles. The fraction of sp³-hybridized carbons (Fsp3) is 0.412. The van der Waals surface area contributed by atoms with Gasteiger partial charge >= 0.3 is 0 Å². The van der Waals surface area contributed by atoms with Gasteiger partial charge in [-0.1, -0.05) is 0 Å². The molecule has 2 aliphatic rings. The molecule has 0 saturated carbocycles. The second kappa shape index (κ2) is 5.25. The highest BCUT2D eigenvalue weighted by Gasteiger charge is 2.32. The van der Waals surface area contributed by atoms with Gasteiger partial charge in [0.05, 0.1) is 0 Å². The number of carbonyl (C=O) groups excluding carboxylic acids is 2. The monoisotopic (exact) mass is 298 g/mol. The number of amides is 1. The highest BCUT2D eigenvalue weighted by Crippen LogP contribution is 2.27. The fourth-order valence-electron chi connectivity index (χ4n) is 3.70. The van der Waals surface area contributed by atoms with E-state index in [1.54, 1.807) is 24.3 Å². The second-order valence-electron chi connectivity index (χ2n) is 6.34. The molecule has 2 aliphatic heterocycles. The van der Waals surface area contributed by atoms with Gasteiger partial charge in [0, 0.05) is 30.1 Å². The predicted octanol–water partition coefficient (Wildman–Crippen LogP) is 2.07. The van der Waals surface area contributed by atoms with E-state index < -0.39 is 0 Å². The van der Waals surface area contributed by atoms with E-state index in [1.165, 1.54) is 13.0 Å². The molecule has 3 unspecified atom stereocenters. The summed E-state index contributed by atoms with van der Waals surface area (Å²) in [4.78, 5) is 25.6. The van der Waals surface area contributed by atoms with Crippen LogP contribution in [-0.2, 0) is 0 Å². The van der Waals surface area contributed by atoms with Crippen LogP contribution in [0, 0.1) is 5.92 Å². The van der Waals surface area contributed by atoms with Gasteiger partial charge in [-0.05, 0) is 49.6 Å². The minimum Gasteiger partial charge on any atom is -0.453 e. The first-order valence-corrected chi connectivity index (χ1v) is 7.73. The van der Waals surface area contributed by atoms with E-state index >= 15 is 0 Å². The molecule has 0 radical (unpaired) electrons. The molecule has 2 bridgehead atoms. The molecule has 5 nitrogen and oxygen atoms in total. The van der Waals surface area contributed by atoms with Crippen molar-refractivity contribution < 1.29 is 14.0 Å². The average molecular weight is 298 g/mol. The largest absolute Gasteiger partial charge is 0.453 e. The van der Waals surface area contributed by atoms with Crippen molar-refractivity contribution >= 4 is 23.2 Å². The van der Waals surface area contributed by atoms with Gasteiger partial charge in [0.25, 0.3) is 5.91 Å². The highest BCUT2D eigenvalue weighted by molar-refractivity contribution is 5.98. The lowest BCUT2D eigenvalue weighted by molar-refractivity contribution is 0.0909. The van der Waals surface area contributed by atoms with E-state index in [-0.39, 0.29) is 17.7 Å². The van der Waals surface area contributed by atoms with Crippen LogP contribution in [-0.4, -0.2) is 42.8 Å². The van der Waals surface area contributed by atoms with Gasteiger partial charge in [0.1, 0.15) is 5.58 Å². The molecule has 4 rings (SSSR count). The van der Waals surface area contributed by atoms with E-state index in [0.29, 0.717) is 17.4 Å². The molecule has 1 N–H and O–H groups in total. The van der Waals surface area contributed by atoms with Crippen molar-refractivity contribution in [1.82, 2.24) is 10.2 Å². The van der Waals surface area contributed by atoms with Gasteiger partial charge in [0.15, 0.2) is 12.0 Å². The van der Waals surface area contributed by atoms with Gasteiger partial charge in [-0.15, -0.1) is 0 Å². The Morgan fingerprint density at radius 2 is 2.23 bits per heavy atom. The normalized spacial score (nSPS) is 27.0. The Labute approximate surface area is 128 Å². The lowest BCUT2D eigenvalue weighted by Crippen LogP contribution is -2.47. The summed E-state index contributed by atoms with van der Waals surface area (Å²) in [6.45, 7) is 3.29. The summed E-state index contributed by atoms with van der Waals surface area (Å²) in [5, 5.41) is 3.92. The first-order chi connectivity index (χ1) is 10.7. The molecule has 114 valence electrons. The van der Waals surface area contributed by atoms with Crippen molar-refractivity contribution in [1.29, 1.82) is 0 Å². The predicted molar refractivity (Wildman–Crippen MR) is 82.0 cm³/mol. The molecular formula is C17H18N2O3. The van der Waals surface area contributed by atoms with E-state index in [1.807, 2.05) is 0 Å². The van der Waals surface area contributed by atoms with Crippen molar-refractivity contribution in [3.63, 3.8) is 0 Å². The third kappa shape index (κ3) is 2.41. The van der Waals surface area contributed by atoms with Gasteiger partial charge in [-0.3, -0.25) is 9.59 Å². The number of hydrogen-bond donors (Lipinski definition) is 1. The van der Waals surface area contributed by atoms with Crippen LogP contribution in [0.5, 0.6) is 0 Å². The van der Waals surface area contributed by atoms with Crippen LogP contribution < -0.4 is 5.32 Å². The zero-order valence-corrected chi connectivity index (χ0v) is 12.2. The first kappa shape index (κ1) is 13.5. The minimum absolute atomic E-state index is 0.0525. The zero-order valence-electron chi connectivity index (χ0n) is 12.2. The maximum Gasteiger partial charge on any atom is 0.251 e. The van der Waals surface area contributed by atoms with Gasteiger partial charge in [-0.25, -0.2) is 0 Å². The molecule has 3 atom stereocenters. The summed E-state index contributed by atoms with van der Waals surface area (Å²) in [5.74, 6) is 0.957. The van der Waals surface area contributed by atoms with Crippen LogP contribution in [0.2, 0.25) is 0 Å². The average Bonchev–Trinajstić information content (AvgIpc) is 3.09. The van der Waals surface area contributed by atoms with Crippen molar-refractivity contribution in [3.05, 3.63) is 35.6 Å². The lowest BCUT2D eigenvalue weighted by atomic mass is 9.96. The summed E-state index contributed by atoms with van der Waals surface area (Å²) in [7, 11) is 0. The van der Waals surface area contributed by atoms with Crippen molar-refractivity contribution in [2.45, 2.75) is 18.9 Å². The number of nitrogens with one attached hydrogen (secondary N) is 1. The molecule has 0 aliphatic carbocycles. The van der Waals surface area contributed by atoms with Crippen LogP contribution in [0.4, 0.5) is 0 Å². The summed E-state index contributed by atoms with van der Waals surface area (Å²) in [6, 6.07) is 7.16. The van der Waals surface area contributed by atoms with Gasteiger partial charge < -0.3 is 14.6 Å². The smallest absolute Gasteiger partial charge is 0.251 e. The molecule has 5 heteroatoms. The number of nitrogens with zero attached hydrogens (tertiary/aromatic N) is 1. The number of piperidine rings is 1. The van der Waals surface area contributed by atoms with Gasteiger partial charge in [-0.2, -0.15) is 0 Å². The Balaban J connectivity index is 1.51. The summed E-state index contributed by atoms with van der Waals surface area (Å²) in [5.41, 5.74) is 1.24. The zero-order chi connectivity index (χ0) is 15.1. The molecule has 1 aromatic heterocycles. The number of furan rings is 1. The quantitative estimate of drug-likeness (QED) is 0.881. The standard InChI is InChI=1S/C17H18N2O3/c20-10-15-7-13-6-12(1-2-16(13)22-15)17(21)18-14-5-11-3-4-19(8-11)9-14/h1-2,6-7,10-11,14H,3-5,8-9H2,(H,18,21). The topological polar surface area (TPSA) is 62.6 Å². The second-order valence-corrected chi connectivity index (χ2v) is 6.34. The van der Waals surface area contributed by atoms with E-state index in [9.17, 15) is 9.59 Å². The Morgan fingerprint density at radius 1 is 1.32 bits per heavy atom. The van der Waals surface area contributed by atoms with Crippen molar-refractivity contribution in [2.75, 3.05) is 19.6 Å². The molecule has 3 heterocycles. The molecule has 0 spiro atoms. The highest BCUT2D eigenvalue weighted by atomic mass is 16.3. The minimum atomic E-state index is -0.0525. The molecule has 22 heavy (non-hydrogen) atoms. The third-order valence-corrected chi connectivity index (χ3v) is 4.72. The lowest BCUT2D eigenvalue weighted by Gasteiger charge is -2.30. The van der Waals surface area contributed by atoms with E-state index in [4.69, 9.17) is 4.42 Å². The molecule has 1 aromatic carbocycles. The SMILES string of the molecule is O=Cc1cc2cc(C(=O)NC3CC4CCN(C4)C3)ccc2o1. The molecule has 1 amide bonds. The number of aldehydes is 1. The fourth-order valence-corrected chi connectivity index (χ4v) is 3.70. The summed E-state index contributed by atoms with van der Waals surface area (Å²) in [6.07, 6.45) is 3.00. The van der Waals surface area contributed by atoms with Crippen LogP contribution >= 0.6 is 0 Å². The van der Waals surface area contributed by atoms with Crippen LogP contribution in [0.25, 0.3) is 11.0 Å². The molecular weight excluding hydrogens is 280 g/mol. The maximum absolute atomic E-state index is 12.4. The first-order valence-electron chi connectivity index (χ1n) is 7.73. The Morgan fingerprint density at radius 3 is 3.05 bits per heavy atom. The van der Waals surface area contributed by atoms with E-state index in [2.05, 4.69) is 10.2 Å².